The van der Waals surface area contributed by atoms with Crippen LogP contribution in [-0.4, -0.2) is 13.1 Å². The minimum Gasteiger partial charge on any atom is -0.371 e. The van der Waals surface area contributed by atoms with Gasteiger partial charge in [0, 0.05) is 24.8 Å². The predicted molar refractivity (Wildman–Crippen MR) is 79.1 cm³/mol. The van der Waals surface area contributed by atoms with Crippen molar-refractivity contribution in [1.82, 2.24) is 0 Å². The molecule has 0 aliphatic carbocycles. The van der Waals surface area contributed by atoms with Crippen molar-refractivity contribution in [3.8, 4) is 0 Å². The molecule has 1 saturated heterocycles. The first-order chi connectivity index (χ1) is 8.72. The Labute approximate surface area is 111 Å². The first kappa shape index (κ1) is 13.4. The maximum absolute atomic E-state index is 6.34. The summed E-state index contributed by atoms with van der Waals surface area (Å²) in [6.07, 6.45) is 6.23. The zero-order valence-electron chi connectivity index (χ0n) is 11.8. The Balaban J connectivity index is 2.27. The summed E-state index contributed by atoms with van der Waals surface area (Å²) in [7, 11) is 0. The highest BCUT2D eigenvalue weighted by molar-refractivity contribution is 5.57. The molecule has 1 aromatic rings. The van der Waals surface area contributed by atoms with Gasteiger partial charge in [0.1, 0.15) is 0 Å². The number of nitrogens with two attached hydrogens (primary N) is 1. The molecule has 0 aromatic heterocycles. The maximum atomic E-state index is 6.34. The van der Waals surface area contributed by atoms with E-state index in [1.165, 1.54) is 49.2 Å². The molecule has 0 amide bonds. The highest BCUT2D eigenvalue weighted by Gasteiger charge is 2.17. The monoisotopic (exact) mass is 246 g/mol. The first-order valence-electron chi connectivity index (χ1n) is 7.33. The summed E-state index contributed by atoms with van der Waals surface area (Å²) in [5, 5.41) is 0. The van der Waals surface area contributed by atoms with Crippen molar-refractivity contribution in [1.29, 1.82) is 0 Å². The summed E-state index contributed by atoms with van der Waals surface area (Å²) in [5.41, 5.74) is 10.4. The van der Waals surface area contributed by atoms with Crippen LogP contribution in [0, 0.1) is 6.92 Å². The summed E-state index contributed by atoms with van der Waals surface area (Å²) >= 11 is 0. The van der Waals surface area contributed by atoms with Crippen LogP contribution >= 0.6 is 0 Å². The van der Waals surface area contributed by atoms with Gasteiger partial charge in [-0.15, -0.1) is 0 Å². The molecule has 18 heavy (non-hydrogen) atoms. The Kier molecular flexibility index (Phi) is 4.65. The van der Waals surface area contributed by atoms with Crippen LogP contribution in [0.25, 0.3) is 0 Å². The van der Waals surface area contributed by atoms with Crippen LogP contribution in [0.2, 0.25) is 0 Å². The van der Waals surface area contributed by atoms with Gasteiger partial charge < -0.3 is 10.6 Å². The van der Waals surface area contributed by atoms with E-state index >= 15 is 0 Å². The van der Waals surface area contributed by atoms with Gasteiger partial charge in [-0.1, -0.05) is 25.5 Å². The number of anilines is 1. The minimum absolute atomic E-state index is 0.188. The smallest absolute Gasteiger partial charge is 0.0417 e. The summed E-state index contributed by atoms with van der Waals surface area (Å²) < 4.78 is 0. The van der Waals surface area contributed by atoms with E-state index in [9.17, 15) is 0 Å². The first-order valence-corrected chi connectivity index (χ1v) is 7.33. The number of piperidine rings is 1. The molecule has 1 fully saturated rings. The summed E-state index contributed by atoms with van der Waals surface area (Å²) in [5.74, 6) is 0. The van der Waals surface area contributed by atoms with Crippen LogP contribution in [-0.2, 0) is 0 Å². The molecule has 1 heterocycles. The third-order valence-corrected chi connectivity index (χ3v) is 3.88. The lowest BCUT2D eigenvalue weighted by molar-refractivity contribution is 0.570. The zero-order valence-corrected chi connectivity index (χ0v) is 11.8. The Morgan fingerprint density at radius 1 is 1.22 bits per heavy atom. The van der Waals surface area contributed by atoms with Gasteiger partial charge in [0.05, 0.1) is 0 Å². The quantitative estimate of drug-likeness (QED) is 0.876. The highest BCUT2D eigenvalue weighted by Crippen LogP contribution is 2.30. The fourth-order valence-corrected chi connectivity index (χ4v) is 2.84. The highest BCUT2D eigenvalue weighted by atomic mass is 15.1. The Morgan fingerprint density at radius 3 is 2.61 bits per heavy atom. The second kappa shape index (κ2) is 6.24. The second-order valence-corrected chi connectivity index (χ2v) is 5.51. The average Bonchev–Trinajstić information content (AvgIpc) is 2.40. The van der Waals surface area contributed by atoms with Crippen LogP contribution in [0.5, 0.6) is 0 Å². The topological polar surface area (TPSA) is 29.3 Å². The van der Waals surface area contributed by atoms with Gasteiger partial charge in [0.2, 0.25) is 0 Å². The minimum atomic E-state index is 0.188. The molecule has 100 valence electrons. The molecule has 1 aliphatic heterocycles. The van der Waals surface area contributed by atoms with E-state index < -0.39 is 0 Å². The molecule has 0 spiro atoms. The normalized spacial score (nSPS) is 17.8. The molecule has 2 nitrogen and oxygen atoms in total. The van der Waals surface area contributed by atoms with Crippen molar-refractivity contribution in [2.24, 2.45) is 5.73 Å². The summed E-state index contributed by atoms with van der Waals surface area (Å²) in [6, 6.07) is 6.93. The predicted octanol–water partition coefficient (Wildman–Crippen LogP) is 3.79. The molecule has 1 unspecified atom stereocenters. The molecule has 2 heteroatoms. The van der Waals surface area contributed by atoms with Crippen LogP contribution in [0.15, 0.2) is 18.2 Å². The van der Waals surface area contributed by atoms with Crippen molar-refractivity contribution >= 4 is 5.69 Å². The van der Waals surface area contributed by atoms with Crippen molar-refractivity contribution in [3.63, 3.8) is 0 Å². The molecule has 2 rings (SSSR count). The third kappa shape index (κ3) is 3.05. The Morgan fingerprint density at radius 2 is 1.94 bits per heavy atom. The number of hydrogen-bond acceptors (Lipinski definition) is 2. The molecule has 1 atom stereocenters. The third-order valence-electron chi connectivity index (χ3n) is 3.88. The largest absolute Gasteiger partial charge is 0.371 e. The van der Waals surface area contributed by atoms with E-state index in [1.807, 2.05) is 0 Å². The lowest BCUT2D eigenvalue weighted by Crippen LogP contribution is -2.31. The van der Waals surface area contributed by atoms with E-state index in [1.54, 1.807) is 0 Å². The Hall–Kier alpha value is -1.02. The fourth-order valence-electron chi connectivity index (χ4n) is 2.84. The van der Waals surface area contributed by atoms with E-state index in [4.69, 9.17) is 5.73 Å². The van der Waals surface area contributed by atoms with Crippen LogP contribution in [0.3, 0.4) is 0 Å². The number of rotatable bonds is 4. The summed E-state index contributed by atoms with van der Waals surface area (Å²) in [6.45, 7) is 6.75. The SMILES string of the molecule is CCCC(N)c1ccc(C)cc1N1CCCCC1. The molecule has 2 N–H and O–H groups in total. The van der Waals surface area contributed by atoms with E-state index in [0.29, 0.717) is 0 Å². The molecule has 0 saturated carbocycles. The number of nitrogens with zero attached hydrogens (tertiary/aromatic N) is 1. The maximum Gasteiger partial charge on any atom is 0.0417 e. The van der Waals surface area contributed by atoms with Gasteiger partial charge in [0.15, 0.2) is 0 Å². The van der Waals surface area contributed by atoms with Crippen molar-refractivity contribution in [2.45, 2.75) is 52.0 Å². The molecular weight excluding hydrogens is 220 g/mol. The Bertz CT molecular complexity index is 381. The number of benzene rings is 1. The molecular formula is C16H26N2. The summed E-state index contributed by atoms with van der Waals surface area (Å²) in [4.78, 5) is 2.53. The van der Waals surface area contributed by atoms with Crippen LogP contribution < -0.4 is 10.6 Å². The van der Waals surface area contributed by atoms with Crippen LogP contribution in [0.1, 0.15) is 56.2 Å². The molecule has 0 radical (unpaired) electrons. The molecule has 1 aliphatic rings. The second-order valence-electron chi connectivity index (χ2n) is 5.51. The van der Waals surface area contributed by atoms with Crippen molar-refractivity contribution < 1.29 is 0 Å². The average molecular weight is 246 g/mol. The number of aryl methyl sites for hydroxylation is 1. The van der Waals surface area contributed by atoms with Gasteiger partial charge in [-0.3, -0.25) is 0 Å². The van der Waals surface area contributed by atoms with Gasteiger partial charge in [0.25, 0.3) is 0 Å². The van der Waals surface area contributed by atoms with Gasteiger partial charge in [-0.2, -0.15) is 0 Å². The van der Waals surface area contributed by atoms with E-state index in [-0.39, 0.29) is 6.04 Å². The lowest BCUT2D eigenvalue weighted by atomic mass is 9.97. The zero-order chi connectivity index (χ0) is 13.0. The van der Waals surface area contributed by atoms with Gasteiger partial charge in [-0.25, -0.2) is 0 Å². The molecule has 0 bridgehead atoms. The molecule has 1 aromatic carbocycles. The number of hydrogen-bond donors (Lipinski definition) is 1. The van der Waals surface area contributed by atoms with Crippen LogP contribution in [0.4, 0.5) is 5.69 Å². The van der Waals surface area contributed by atoms with Gasteiger partial charge >= 0.3 is 0 Å². The van der Waals surface area contributed by atoms with E-state index in [2.05, 4.69) is 36.9 Å². The van der Waals surface area contributed by atoms with Crippen molar-refractivity contribution in [3.05, 3.63) is 29.3 Å². The standard InChI is InChI=1S/C16H26N2/c1-3-7-15(17)14-9-8-13(2)12-16(14)18-10-5-4-6-11-18/h8-9,12,15H,3-7,10-11,17H2,1-2H3. The fraction of sp³-hybridized carbons (Fsp3) is 0.625. The van der Waals surface area contributed by atoms with E-state index in [0.717, 1.165) is 12.8 Å². The lowest BCUT2D eigenvalue weighted by Gasteiger charge is -2.32. The van der Waals surface area contributed by atoms with Gasteiger partial charge in [-0.05, 0) is 49.8 Å². The van der Waals surface area contributed by atoms with Crippen molar-refractivity contribution in [2.75, 3.05) is 18.0 Å².